The summed E-state index contributed by atoms with van der Waals surface area (Å²) in [7, 11) is 3.75. The predicted octanol–water partition coefficient (Wildman–Crippen LogP) is 5.70. The molecule has 4 rings (SSSR count). The van der Waals surface area contributed by atoms with E-state index in [1.807, 2.05) is 79.6 Å². The van der Waals surface area contributed by atoms with E-state index in [0.717, 1.165) is 28.8 Å². The van der Waals surface area contributed by atoms with Gasteiger partial charge < -0.3 is 15.1 Å². The highest BCUT2D eigenvalue weighted by Gasteiger charge is 2.19. The summed E-state index contributed by atoms with van der Waals surface area (Å²) in [4.78, 5) is 30.5. The second kappa shape index (κ2) is 16.3. The molecule has 4 aromatic heterocycles. The van der Waals surface area contributed by atoms with Crippen LogP contribution in [-0.4, -0.2) is 57.0 Å². The molecule has 0 bridgehead atoms. The van der Waals surface area contributed by atoms with Crippen molar-refractivity contribution in [2.45, 2.75) is 40.7 Å². The molecule has 4 heterocycles. The van der Waals surface area contributed by atoms with Gasteiger partial charge in [0.25, 0.3) is 0 Å². The van der Waals surface area contributed by atoms with Gasteiger partial charge in [-0.05, 0) is 56.6 Å². The monoisotopic (exact) mass is 528 g/mol. The summed E-state index contributed by atoms with van der Waals surface area (Å²) in [5, 5.41) is 3.15. The normalized spacial score (nSPS) is 10.2. The van der Waals surface area contributed by atoms with Crippen LogP contribution < -0.4 is 15.1 Å². The van der Waals surface area contributed by atoms with E-state index >= 15 is 0 Å². The molecule has 1 N–H and O–H groups in total. The van der Waals surface area contributed by atoms with Gasteiger partial charge in [0.15, 0.2) is 0 Å². The van der Waals surface area contributed by atoms with Gasteiger partial charge in [-0.2, -0.15) is 15.0 Å². The maximum absolute atomic E-state index is 4.80. The van der Waals surface area contributed by atoms with Crippen LogP contribution in [0.25, 0.3) is 17.0 Å². The van der Waals surface area contributed by atoms with Crippen molar-refractivity contribution >= 4 is 35.3 Å². The number of nitrogens with one attached hydrogen (secondary N) is 1. The lowest BCUT2D eigenvalue weighted by molar-refractivity contribution is 0.777. The first-order chi connectivity index (χ1) is 19.0. The molecule has 0 aromatic carbocycles. The summed E-state index contributed by atoms with van der Waals surface area (Å²) in [5.41, 5.74) is 3.53. The number of hydrogen-bond acceptors (Lipinski definition) is 9. The molecule has 0 atom stereocenters. The Balaban J connectivity index is 0.000000686. The van der Waals surface area contributed by atoms with Crippen molar-refractivity contribution in [1.82, 2.24) is 34.8 Å². The zero-order valence-corrected chi connectivity index (χ0v) is 23.9. The van der Waals surface area contributed by atoms with Crippen molar-refractivity contribution in [2.75, 3.05) is 30.6 Å². The molecule has 0 aliphatic rings. The quantitative estimate of drug-likeness (QED) is 0.207. The third kappa shape index (κ3) is 8.19. The first-order valence-electron chi connectivity index (χ1n) is 13.0. The van der Waals surface area contributed by atoms with Crippen molar-refractivity contribution in [3.63, 3.8) is 0 Å². The highest BCUT2D eigenvalue weighted by Crippen LogP contribution is 2.26. The lowest BCUT2D eigenvalue weighted by atomic mass is 10.4. The molecule has 4 aromatic rings. The number of pyridine rings is 2. The molecule has 0 radical (unpaired) electrons. The van der Waals surface area contributed by atoms with Crippen LogP contribution in [0.3, 0.4) is 0 Å². The van der Waals surface area contributed by atoms with Gasteiger partial charge >= 0.3 is 0 Å². The van der Waals surface area contributed by atoms with Crippen molar-refractivity contribution in [2.24, 2.45) is 4.99 Å². The zero-order chi connectivity index (χ0) is 28.6. The maximum Gasteiger partial charge on any atom is 0.241 e. The van der Waals surface area contributed by atoms with Crippen molar-refractivity contribution in [3.8, 4) is 5.95 Å². The first kappa shape index (κ1) is 30.6. The van der Waals surface area contributed by atoms with E-state index in [-0.39, 0.29) is 0 Å². The first-order valence-corrected chi connectivity index (χ1v) is 13.0. The van der Waals surface area contributed by atoms with E-state index in [0.29, 0.717) is 31.1 Å². The Labute approximate surface area is 231 Å². The fourth-order valence-electron chi connectivity index (χ4n) is 3.51. The smallest absolute Gasteiger partial charge is 0.241 e. The van der Waals surface area contributed by atoms with Gasteiger partial charge in [-0.1, -0.05) is 39.5 Å². The molecule has 39 heavy (non-hydrogen) atoms. The van der Waals surface area contributed by atoms with Crippen LogP contribution in [0.1, 0.15) is 39.8 Å². The van der Waals surface area contributed by atoms with Crippen LogP contribution in [0.2, 0.25) is 0 Å². The maximum atomic E-state index is 4.80. The van der Waals surface area contributed by atoms with Gasteiger partial charge in [0.05, 0.1) is 29.5 Å². The molecule has 10 heteroatoms. The van der Waals surface area contributed by atoms with E-state index in [2.05, 4.69) is 57.6 Å². The van der Waals surface area contributed by atoms with Crippen LogP contribution in [0, 0.1) is 0 Å². The minimum atomic E-state index is 0.346. The molecule has 0 saturated heterocycles. The highest BCUT2D eigenvalue weighted by atomic mass is 15.4. The molecule has 0 unspecified atom stereocenters. The topological polar surface area (TPSA) is 100 Å². The number of allylic oxidation sites excluding steroid dienone is 2. The molecular formula is C29H40N10. The van der Waals surface area contributed by atoms with Crippen LogP contribution >= 0.6 is 0 Å². The fourth-order valence-corrected chi connectivity index (χ4v) is 3.51. The molecule has 0 aliphatic heterocycles. The second-order valence-electron chi connectivity index (χ2n) is 8.01. The van der Waals surface area contributed by atoms with E-state index in [1.165, 1.54) is 0 Å². The number of anilines is 3. The average Bonchev–Trinajstić information content (AvgIpc) is 3.36. The van der Waals surface area contributed by atoms with Gasteiger partial charge in [0.1, 0.15) is 6.67 Å². The largest absolute Gasteiger partial charge is 0.386 e. The van der Waals surface area contributed by atoms with Crippen molar-refractivity contribution in [1.29, 1.82) is 0 Å². The SMILES string of the molecule is C/C=C\CC.C=CNCc1cc2ncccc2n1-c1nc(N(C)CN=C)nc(N(C)c2cccnc2)n1.CC. The van der Waals surface area contributed by atoms with Gasteiger partial charge in [-0.25, -0.2) is 0 Å². The van der Waals surface area contributed by atoms with Crippen LogP contribution in [0.4, 0.5) is 17.6 Å². The Morgan fingerprint density at radius 3 is 2.44 bits per heavy atom. The molecule has 0 aliphatic carbocycles. The van der Waals surface area contributed by atoms with Crippen LogP contribution in [-0.2, 0) is 6.54 Å². The molecule has 0 amide bonds. The Bertz CT molecular complexity index is 1330. The summed E-state index contributed by atoms with van der Waals surface area (Å²) in [6.45, 7) is 16.4. The number of aliphatic imine (C=N–C) groups is 1. The number of aromatic nitrogens is 6. The summed E-state index contributed by atoms with van der Waals surface area (Å²) < 4.78 is 1.97. The molecule has 0 saturated carbocycles. The van der Waals surface area contributed by atoms with Gasteiger partial charge in [0, 0.05) is 32.2 Å². The molecular weight excluding hydrogens is 488 g/mol. The van der Waals surface area contributed by atoms with Crippen molar-refractivity contribution < 1.29 is 0 Å². The number of fused-ring (bicyclic) bond motifs is 1. The minimum absolute atomic E-state index is 0.346. The fraction of sp³-hybridized carbons (Fsp3) is 0.310. The van der Waals surface area contributed by atoms with E-state index in [9.17, 15) is 0 Å². The standard InChI is InChI=1S/C22H24N10.C5H10.C2H6/c1-5-24-14-17-12-18-19(9-7-11-26-18)32(17)22-28-20(30(3)15-23-2)27-21(29-22)31(4)16-8-6-10-25-13-16;1-3-5-4-2;1-2/h5-13,24H,1-2,14-15H2,3-4H3;3,5H,4H2,1-2H3;1-2H3/b;5-3-;. The van der Waals surface area contributed by atoms with Crippen LogP contribution in [0.15, 0.2) is 78.8 Å². The van der Waals surface area contributed by atoms with E-state index in [1.54, 1.807) is 24.8 Å². The average molecular weight is 529 g/mol. The van der Waals surface area contributed by atoms with E-state index < -0.39 is 0 Å². The Hall–Kier alpha value is -4.60. The lowest BCUT2D eigenvalue weighted by Crippen LogP contribution is -2.24. The second-order valence-corrected chi connectivity index (χ2v) is 8.01. The summed E-state index contributed by atoms with van der Waals surface area (Å²) in [6.07, 6.45) is 12.2. The Kier molecular flexibility index (Phi) is 12.8. The molecule has 10 nitrogen and oxygen atoms in total. The molecule has 0 spiro atoms. The van der Waals surface area contributed by atoms with Crippen molar-refractivity contribution in [3.05, 3.63) is 79.5 Å². The van der Waals surface area contributed by atoms with Gasteiger partial charge in [-0.15, -0.1) is 0 Å². The Morgan fingerprint density at radius 1 is 1.08 bits per heavy atom. The Morgan fingerprint density at radius 2 is 1.82 bits per heavy atom. The van der Waals surface area contributed by atoms with Gasteiger partial charge in [-0.3, -0.25) is 19.5 Å². The third-order valence-electron chi connectivity index (χ3n) is 5.33. The number of nitrogens with zero attached hydrogens (tertiary/aromatic N) is 9. The minimum Gasteiger partial charge on any atom is -0.386 e. The summed E-state index contributed by atoms with van der Waals surface area (Å²) in [6, 6.07) is 9.70. The number of rotatable bonds is 10. The predicted molar refractivity (Wildman–Crippen MR) is 163 cm³/mol. The van der Waals surface area contributed by atoms with Gasteiger partial charge in [0.2, 0.25) is 17.8 Å². The molecule has 206 valence electrons. The molecule has 0 fully saturated rings. The van der Waals surface area contributed by atoms with E-state index in [4.69, 9.17) is 9.97 Å². The van der Waals surface area contributed by atoms with Crippen LogP contribution in [0.5, 0.6) is 0 Å². The lowest BCUT2D eigenvalue weighted by Gasteiger charge is -2.21. The summed E-state index contributed by atoms with van der Waals surface area (Å²) >= 11 is 0. The summed E-state index contributed by atoms with van der Waals surface area (Å²) in [5.74, 6) is 1.42. The highest BCUT2D eigenvalue weighted by molar-refractivity contribution is 5.78. The third-order valence-corrected chi connectivity index (χ3v) is 5.33. The number of hydrogen-bond donors (Lipinski definition) is 1. The zero-order valence-electron chi connectivity index (χ0n) is 23.9.